The predicted molar refractivity (Wildman–Crippen MR) is 64.2 cm³/mol. The molecule has 0 bridgehead atoms. The second kappa shape index (κ2) is 3.38. The third-order valence-corrected chi connectivity index (χ3v) is 2.98. The fourth-order valence-corrected chi connectivity index (χ4v) is 2.08. The van der Waals surface area contributed by atoms with E-state index in [2.05, 4.69) is 4.98 Å². The van der Waals surface area contributed by atoms with Crippen molar-refractivity contribution in [2.45, 2.75) is 19.4 Å². The van der Waals surface area contributed by atoms with E-state index in [9.17, 15) is 9.59 Å². The summed E-state index contributed by atoms with van der Waals surface area (Å²) < 4.78 is 5.60. The summed E-state index contributed by atoms with van der Waals surface area (Å²) in [5, 5.41) is 0. The highest BCUT2D eigenvalue weighted by Crippen LogP contribution is 2.33. The maximum Gasteiger partial charge on any atom is 0.247 e. The molecule has 4 heteroatoms. The summed E-state index contributed by atoms with van der Waals surface area (Å²) in [5.41, 5.74) is 0.252. The van der Waals surface area contributed by atoms with Gasteiger partial charge in [0.25, 0.3) is 0 Å². The molecule has 1 aliphatic carbocycles. The van der Waals surface area contributed by atoms with Gasteiger partial charge in [-0.1, -0.05) is 0 Å². The standard InChI is InChI=1S/C14H11NO3/c1-14(2)6-5-9-11(16)8-4-3-7-15-10(8)12(17)13(9)18-14/h3-7H,1-2H3. The van der Waals surface area contributed by atoms with Gasteiger partial charge in [-0.3, -0.25) is 14.6 Å². The summed E-state index contributed by atoms with van der Waals surface area (Å²) in [6.45, 7) is 3.66. The number of fused-ring (bicyclic) bond motifs is 1. The van der Waals surface area contributed by atoms with Crippen molar-refractivity contribution in [2.75, 3.05) is 0 Å². The van der Waals surface area contributed by atoms with Gasteiger partial charge in [0.1, 0.15) is 11.3 Å². The summed E-state index contributed by atoms with van der Waals surface area (Å²) in [7, 11) is 0. The van der Waals surface area contributed by atoms with Crippen LogP contribution in [0.2, 0.25) is 0 Å². The van der Waals surface area contributed by atoms with E-state index in [1.807, 2.05) is 13.8 Å². The Morgan fingerprint density at radius 2 is 2.00 bits per heavy atom. The van der Waals surface area contributed by atoms with E-state index in [0.29, 0.717) is 11.1 Å². The average molecular weight is 241 g/mol. The minimum atomic E-state index is -0.582. The maximum atomic E-state index is 12.3. The van der Waals surface area contributed by atoms with E-state index >= 15 is 0 Å². The molecule has 0 saturated heterocycles. The lowest BCUT2D eigenvalue weighted by atomic mass is 9.88. The Morgan fingerprint density at radius 1 is 1.22 bits per heavy atom. The molecule has 18 heavy (non-hydrogen) atoms. The molecule has 2 heterocycles. The fourth-order valence-electron chi connectivity index (χ4n) is 2.08. The number of carbonyl (C=O) groups is 2. The second-order valence-electron chi connectivity index (χ2n) is 4.84. The zero-order valence-electron chi connectivity index (χ0n) is 10.1. The van der Waals surface area contributed by atoms with Crippen LogP contribution >= 0.6 is 0 Å². The number of Topliss-reactive ketones (excluding diaryl/α,β-unsaturated/α-hetero) is 2. The first-order valence-electron chi connectivity index (χ1n) is 5.66. The molecule has 0 aromatic carbocycles. The first-order chi connectivity index (χ1) is 8.49. The molecule has 0 radical (unpaired) electrons. The number of carbonyl (C=O) groups excluding carboxylic acids is 2. The Hall–Kier alpha value is -2.23. The normalized spacial score (nSPS) is 20.3. The van der Waals surface area contributed by atoms with Crippen molar-refractivity contribution < 1.29 is 14.3 Å². The number of pyridine rings is 1. The van der Waals surface area contributed by atoms with Gasteiger partial charge in [0.2, 0.25) is 5.78 Å². The zero-order valence-corrected chi connectivity index (χ0v) is 10.1. The molecule has 0 unspecified atom stereocenters. The number of aromatic nitrogens is 1. The van der Waals surface area contributed by atoms with Gasteiger partial charge < -0.3 is 4.74 Å². The Labute approximate surface area is 104 Å². The van der Waals surface area contributed by atoms with Crippen LogP contribution in [0.1, 0.15) is 34.7 Å². The SMILES string of the molecule is CC1(C)C=CC2=C(O1)C(=O)c1ncccc1C2=O. The van der Waals surface area contributed by atoms with Crippen LogP contribution in [0.25, 0.3) is 0 Å². The first kappa shape index (κ1) is 10.9. The number of rotatable bonds is 0. The van der Waals surface area contributed by atoms with Crippen LogP contribution in [0, 0.1) is 0 Å². The molecular weight excluding hydrogens is 230 g/mol. The maximum absolute atomic E-state index is 12.3. The number of hydrogen-bond donors (Lipinski definition) is 0. The summed E-state index contributed by atoms with van der Waals surface area (Å²) in [6, 6.07) is 3.26. The van der Waals surface area contributed by atoms with E-state index in [0.717, 1.165) is 0 Å². The molecule has 0 spiro atoms. The Kier molecular flexibility index (Phi) is 2.05. The molecule has 1 aliphatic heterocycles. The quantitative estimate of drug-likeness (QED) is 0.697. The van der Waals surface area contributed by atoms with Gasteiger partial charge in [0, 0.05) is 6.20 Å². The lowest BCUT2D eigenvalue weighted by Gasteiger charge is -2.30. The highest BCUT2D eigenvalue weighted by Gasteiger charge is 2.38. The Balaban J connectivity index is 2.20. The Morgan fingerprint density at radius 3 is 2.78 bits per heavy atom. The van der Waals surface area contributed by atoms with Gasteiger partial charge in [0.15, 0.2) is 11.5 Å². The van der Waals surface area contributed by atoms with Crippen LogP contribution in [0.5, 0.6) is 0 Å². The van der Waals surface area contributed by atoms with Crippen molar-refractivity contribution in [3.8, 4) is 0 Å². The van der Waals surface area contributed by atoms with E-state index in [-0.39, 0.29) is 23.0 Å². The molecule has 0 saturated carbocycles. The van der Waals surface area contributed by atoms with Crippen LogP contribution in [0.3, 0.4) is 0 Å². The topological polar surface area (TPSA) is 56.3 Å². The average Bonchev–Trinajstić information content (AvgIpc) is 2.35. The van der Waals surface area contributed by atoms with E-state index in [1.165, 1.54) is 6.20 Å². The molecule has 0 fully saturated rings. The van der Waals surface area contributed by atoms with Gasteiger partial charge in [-0.2, -0.15) is 0 Å². The van der Waals surface area contributed by atoms with Crippen molar-refractivity contribution >= 4 is 11.6 Å². The number of hydrogen-bond acceptors (Lipinski definition) is 4. The molecule has 0 amide bonds. The third-order valence-electron chi connectivity index (χ3n) is 2.98. The fraction of sp³-hybridized carbons (Fsp3) is 0.214. The highest BCUT2D eigenvalue weighted by atomic mass is 16.5. The third kappa shape index (κ3) is 1.42. The summed E-state index contributed by atoms with van der Waals surface area (Å²) in [4.78, 5) is 28.5. The molecule has 90 valence electrons. The lowest BCUT2D eigenvalue weighted by molar-refractivity contribution is 0.0540. The van der Waals surface area contributed by atoms with Crippen molar-refractivity contribution in [2.24, 2.45) is 0 Å². The number of allylic oxidation sites excluding steroid dienone is 3. The van der Waals surface area contributed by atoms with Gasteiger partial charge in [-0.05, 0) is 38.1 Å². The van der Waals surface area contributed by atoms with E-state index in [1.54, 1.807) is 24.3 Å². The zero-order chi connectivity index (χ0) is 12.9. The van der Waals surface area contributed by atoms with Crippen LogP contribution in [0.4, 0.5) is 0 Å². The highest BCUT2D eigenvalue weighted by molar-refractivity contribution is 6.26. The Bertz CT molecular complexity index is 638. The summed E-state index contributed by atoms with van der Waals surface area (Å²) in [5.74, 6) is -0.421. The number of ether oxygens (including phenoxy) is 1. The molecule has 4 nitrogen and oxygen atoms in total. The monoisotopic (exact) mass is 241 g/mol. The molecular formula is C14H11NO3. The van der Waals surface area contributed by atoms with Crippen LogP contribution in [-0.4, -0.2) is 22.2 Å². The van der Waals surface area contributed by atoms with Crippen molar-refractivity contribution in [3.63, 3.8) is 0 Å². The molecule has 3 rings (SSSR count). The molecule has 1 aromatic heterocycles. The van der Waals surface area contributed by atoms with E-state index < -0.39 is 5.60 Å². The van der Waals surface area contributed by atoms with Crippen molar-refractivity contribution in [1.29, 1.82) is 0 Å². The van der Waals surface area contributed by atoms with Crippen LogP contribution in [0.15, 0.2) is 41.8 Å². The van der Waals surface area contributed by atoms with Gasteiger partial charge in [0.05, 0.1) is 11.1 Å². The molecule has 2 aliphatic rings. The van der Waals surface area contributed by atoms with Gasteiger partial charge in [-0.25, -0.2) is 0 Å². The van der Waals surface area contributed by atoms with Gasteiger partial charge >= 0.3 is 0 Å². The van der Waals surface area contributed by atoms with Crippen molar-refractivity contribution in [3.05, 3.63) is 53.1 Å². The second-order valence-corrected chi connectivity index (χ2v) is 4.84. The van der Waals surface area contributed by atoms with Crippen LogP contribution in [-0.2, 0) is 4.74 Å². The van der Waals surface area contributed by atoms with Gasteiger partial charge in [-0.15, -0.1) is 0 Å². The lowest BCUT2D eigenvalue weighted by Crippen LogP contribution is -2.33. The molecule has 0 N–H and O–H groups in total. The molecule has 1 aromatic rings. The largest absolute Gasteiger partial charge is 0.479 e. The number of ketones is 2. The number of nitrogens with zero attached hydrogens (tertiary/aromatic N) is 1. The summed E-state index contributed by atoms with van der Waals surface area (Å²) in [6.07, 6.45) is 4.94. The predicted octanol–water partition coefficient (Wildman–Crippen LogP) is 2.08. The smallest absolute Gasteiger partial charge is 0.247 e. The van der Waals surface area contributed by atoms with Crippen LogP contribution < -0.4 is 0 Å². The van der Waals surface area contributed by atoms with Crippen molar-refractivity contribution in [1.82, 2.24) is 4.98 Å². The molecule has 0 atom stereocenters. The van der Waals surface area contributed by atoms with E-state index in [4.69, 9.17) is 4.74 Å². The minimum Gasteiger partial charge on any atom is -0.479 e. The first-order valence-corrected chi connectivity index (χ1v) is 5.66. The summed E-state index contributed by atoms with van der Waals surface area (Å²) >= 11 is 0. The minimum absolute atomic E-state index is 0.110.